The fourth-order valence-electron chi connectivity index (χ4n) is 1.96. The third-order valence-corrected chi connectivity index (χ3v) is 2.96. The fraction of sp³-hybridized carbons (Fsp3) is 0.538. The molecule has 5 nitrogen and oxygen atoms in total. The monoisotopic (exact) mass is 247 g/mol. The van der Waals surface area contributed by atoms with Crippen LogP contribution in [0.1, 0.15) is 31.4 Å². The van der Waals surface area contributed by atoms with Gasteiger partial charge >= 0.3 is 0 Å². The largest absolute Gasteiger partial charge is 0.355 e. The van der Waals surface area contributed by atoms with Gasteiger partial charge < -0.3 is 14.5 Å². The quantitative estimate of drug-likeness (QED) is 0.880. The SMILES string of the molecule is Cc1cn(C(C)C)c(NCCc2nccn2C)n1. The first-order valence-electron chi connectivity index (χ1n) is 6.33. The van der Waals surface area contributed by atoms with E-state index in [0.29, 0.717) is 6.04 Å². The normalized spacial score (nSPS) is 11.2. The zero-order valence-electron chi connectivity index (χ0n) is 11.5. The Labute approximate surface area is 108 Å². The molecular formula is C13H21N5. The van der Waals surface area contributed by atoms with Crippen molar-refractivity contribution in [1.82, 2.24) is 19.1 Å². The predicted octanol–water partition coefficient (Wildman–Crippen LogP) is 2.16. The molecule has 0 saturated carbocycles. The lowest BCUT2D eigenvalue weighted by Gasteiger charge is -2.12. The van der Waals surface area contributed by atoms with Crippen LogP contribution < -0.4 is 5.32 Å². The molecule has 0 aliphatic rings. The summed E-state index contributed by atoms with van der Waals surface area (Å²) in [6.07, 6.45) is 6.77. The Hall–Kier alpha value is -1.78. The van der Waals surface area contributed by atoms with Crippen molar-refractivity contribution in [2.75, 3.05) is 11.9 Å². The van der Waals surface area contributed by atoms with E-state index < -0.39 is 0 Å². The molecule has 0 unspecified atom stereocenters. The van der Waals surface area contributed by atoms with E-state index in [1.54, 1.807) is 0 Å². The van der Waals surface area contributed by atoms with Gasteiger partial charge in [0.15, 0.2) is 0 Å². The molecule has 0 aliphatic heterocycles. The van der Waals surface area contributed by atoms with Crippen LogP contribution in [0, 0.1) is 6.92 Å². The van der Waals surface area contributed by atoms with Crippen molar-refractivity contribution in [3.63, 3.8) is 0 Å². The van der Waals surface area contributed by atoms with Gasteiger partial charge in [0.05, 0.1) is 5.69 Å². The van der Waals surface area contributed by atoms with Gasteiger partial charge in [0.1, 0.15) is 5.82 Å². The van der Waals surface area contributed by atoms with Gasteiger partial charge in [-0.05, 0) is 20.8 Å². The number of nitrogens with zero attached hydrogens (tertiary/aromatic N) is 4. The minimum atomic E-state index is 0.418. The van der Waals surface area contributed by atoms with Crippen molar-refractivity contribution < 1.29 is 0 Å². The highest BCUT2D eigenvalue weighted by Crippen LogP contribution is 2.15. The van der Waals surface area contributed by atoms with Gasteiger partial charge in [0.2, 0.25) is 5.95 Å². The van der Waals surface area contributed by atoms with E-state index >= 15 is 0 Å². The molecule has 0 atom stereocenters. The highest BCUT2D eigenvalue weighted by molar-refractivity contribution is 5.29. The zero-order chi connectivity index (χ0) is 13.1. The molecule has 0 aromatic carbocycles. The molecule has 1 N–H and O–H groups in total. The van der Waals surface area contributed by atoms with Gasteiger partial charge in [-0.1, -0.05) is 0 Å². The van der Waals surface area contributed by atoms with Gasteiger partial charge in [-0.15, -0.1) is 0 Å². The van der Waals surface area contributed by atoms with Gasteiger partial charge in [0.25, 0.3) is 0 Å². The van der Waals surface area contributed by atoms with E-state index in [-0.39, 0.29) is 0 Å². The molecule has 2 aromatic rings. The number of imidazole rings is 2. The lowest BCUT2D eigenvalue weighted by atomic mass is 10.4. The first-order valence-corrected chi connectivity index (χ1v) is 6.33. The maximum absolute atomic E-state index is 4.50. The molecule has 0 fully saturated rings. The molecule has 2 heterocycles. The summed E-state index contributed by atoms with van der Waals surface area (Å²) >= 11 is 0. The Kier molecular flexibility index (Phi) is 3.69. The molecule has 98 valence electrons. The standard InChI is InChI=1S/C13H21N5/c1-10(2)18-9-11(3)16-13(18)15-6-5-12-14-7-8-17(12)4/h7-10H,5-6H2,1-4H3,(H,15,16). The van der Waals surface area contributed by atoms with Crippen LogP contribution in [0.25, 0.3) is 0 Å². The van der Waals surface area contributed by atoms with Crippen molar-refractivity contribution in [2.45, 2.75) is 33.2 Å². The second kappa shape index (κ2) is 5.25. The van der Waals surface area contributed by atoms with Crippen LogP contribution in [0.2, 0.25) is 0 Å². The van der Waals surface area contributed by atoms with Crippen molar-refractivity contribution in [1.29, 1.82) is 0 Å². The van der Waals surface area contributed by atoms with Crippen LogP contribution in [0.5, 0.6) is 0 Å². The minimum Gasteiger partial charge on any atom is -0.355 e. The smallest absolute Gasteiger partial charge is 0.203 e. The Morgan fingerprint density at radius 3 is 2.78 bits per heavy atom. The van der Waals surface area contributed by atoms with E-state index in [2.05, 4.69) is 39.9 Å². The summed E-state index contributed by atoms with van der Waals surface area (Å²) in [5.74, 6) is 2.03. The summed E-state index contributed by atoms with van der Waals surface area (Å²) in [6.45, 7) is 7.17. The number of hydrogen-bond donors (Lipinski definition) is 1. The van der Waals surface area contributed by atoms with Crippen molar-refractivity contribution in [3.8, 4) is 0 Å². The Balaban J connectivity index is 1.96. The first-order chi connectivity index (χ1) is 8.58. The summed E-state index contributed by atoms with van der Waals surface area (Å²) in [4.78, 5) is 8.80. The van der Waals surface area contributed by atoms with Crippen LogP contribution >= 0.6 is 0 Å². The van der Waals surface area contributed by atoms with Crippen molar-refractivity contribution in [3.05, 3.63) is 30.1 Å². The fourth-order valence-corrected chi connectivity index (χ4v) is 1.96. The van der Waals surface area contributed by atoms with Gasteiger partial charge in [-0.3, -0.25) is 0 Å². The highest BCUT2D eigenvalue weighted by Gasteiger charge is 2.08. The third kappa shape index (κ3) is 2.72. The van der Waals surface area contributed by atoms with E-state index in [9.17, 15) is 0 Å². The second-order valence-electron chi connectivity index (χ2n) is 4.84. The highest BCUT2D eigenvalue weighted by atomic mass is 15.2. The summed E-state index contributed by atoms with van der Waals surface area (Å²) in [6, 6.07) is 0.418. The molecule has 5 heteroatoms. The summed E-state index contributed by atoms with van der Waals surface area (Å²) in [5, 5.41) is 3.38. The summed E-state index contributed by atoms with van der Waals surface area (Å²) in [5.41, 5.74) is 1.04. The topological polar surface area (TPSA) is 47.7 Å². The maximum Gasteiger partial charge on any atom is 0.203 e. The molecule has 0 aliphatic carbocycles. The molecular weight excluding hydrogens is 226 g/mol. The molecule has 0 spiro atoms. The Morgan fingerprint density at radius 1 is 1.39 bits per heavy atom. The second-order valence-corrected chi connectivity index (χ2v) is 4.84. The van der Waals surface area contributed by atoms with Crippen molar-refractivity contribution in [2.24, 2.45) is 7.05 Å². The molecule has 0 saturated heterocycles. The predicted molar refractivity (Wildman–Crippen MR) is 72.8 cm³/mol. The zero-order valence-corrected chi connectivity index (χ0v) is 11.5. The lowest BCUT2D eigenvalue weighted by molar-refractivity contribution is 0.603. The Bertz CT molecular complexity index is 509. The molecule has 0 radical (unpaired) electrons. The molecule has 2 aromatic heterocycles. The maximum atomic E-state index is 4.50. The van der Waals surface area contributed by atoms with E-state index in [0.717, 1.165) is 30.4 Å². The van der Waals surface area contributed by atoms with E-state index in [1.807, 2.05) is 30.9 Å². The van der Waals surface area contributed by atoms with E-state index in [4.69, 9.17) is 0 Å². The molecule has 18 heavy (non-hydrogen) atoms. The number of rotatable bonds is 5. The van der Waals surface area contributed by atoms with Gasteiger partial charge in [-0.25, -0.2) is 9.97 Å². The number of nitrogens with one attached hydrogen (secondary N) is 1. The summed E-state index contributed by atoms with van der Waals surface area (Å²) < 4.78 is 4.20. The number of aryl methyl sites for hydroxylation is 2. The van der Waals surface area contributed by atoms with E-state index in [1.165, 1.54) is 0 Å². The Morgan fingerprint density at radius 2 is 2.17 bits per heavy atom. The lowest BCUT2D eigenvalue weighted by Crippen LogP contribution is -2.13. The average Bonchev–Trinajstić information content (AvgIpc) is 2.86. The van der Waals surface area contributed by atoms with Crippen LogP contribution in [-0.2, 0) is 13.5 Å². The molecule has 0 amide bonds. The molecule has 0 bridgehead atoms. The van der Waals surface area contributed by atoms with Crippen LogP contribution in [0.15, 0.2) is 18.6 Å². The summed E-state index contributed by atoms with van der Waals surface area (Å²) in [7, 11) is 2.02. The van der Waals surface area contributed by atoms with Crippen molar-refractivity contribution >= 4 is 5.95 Å². The number of anilines is 1. The average molecular weight is 247 g/mol. The first kappa shape index (κ1) is 12.7. The van der Waals surface area contributed by atoms with Gasteiger partial charge in [0, 0.05) is 44.6 Å². The molecule has 2 rings (SSSR count). The van der Waals surface area contributed by atoms with Crippen LogP contribution in [-0.4, -0.2) is 25.6 Å². The third-order valence-electron chi connectivity index (χ3n) is 2.96. The van der Waals surface area contributed by atoms with Gasteiger partial charge in [-0.2, -0.15) is 0 Å². The van der Waals surface area contributed by atoms with Crippen LogP contribution in [0.4, 0.5) is 5.95 Å². The van der Waals surface area contributed by atoms with Crippen LogP contribution in [0.3, 0.4) is 0 Å². The number of hydrogen-bond acceptors (Lipinski definition) is 3. The number of aromatic nitrogens is 4. The minimum absolute atomic E-state index is 0.418.